The van der Waals surface area contributed by atoms with Crippen LogP contribution in [-0.2, 0) is 11.3 Å². The first-order valence-corrected chi connectivity index (χ1v) is 6.08. The Bertz CT molecular complexity index is 435. The summed E-state index contributed by atoms with van der Waals surface area (Å²) in [7, 11) is 0. The summed E-state index contributed by atoms with van der Waals surface area (Å²) in [4.78, 5) is 12.8. The highest BCUT2D eigenvalue weighted by molar-refractivity contribution is 6.31. The summed E-state index contributed by atoms with van der Waals surface area (Å²) in [5.74, 6) is -1.31. The van der Waals surface area contributed by atoms with E-state index in [0.29, 0.717) is 30.2 Å². The number of carboxylic acid groups (broad SMARTS) is 1. The van der Waals surface area contributed by atoms with Crippen LogP contribution >= 0.6 is 11.6 Å². The number of nitrogens with one attached hydrogen (secondary N) is 1. The molecule has 4 nitrogen and oxygen atoms in total. The van der Waals surface area contributed by atoms with Crippen LogP contribution in [0.25, 0.3) is 0 Å². The van der Waals surface area contributed by atoms with E-state index < -0.39 is 17.8 Å². The van der Waals surface area contributed by atoms with Crippen molar-refractivity contribution in [3.8, 4) is 0 Å². The molecule has 1 heterocycles. The Morgan fingerprint density at radius 1 is 1.61 bits per heavy atom. The second-order valence-corrected chi connectivity index (χ2v) is 4.64. The first-order chi connectivity index (χ1) is 8.59. The lowest BCUT2D eigenvalue weighted by Gasteiger charge is -2.33. The maximum absolute atomic E-state index is 13.7. The van der Waals surface area contributed by atoms with Crippen molar-refractivity contribution in [3.05, 3.63) is 34.6 Å². The molecule has 0 aromatic heterocycles. The third kappa shape index (κ3) is 2.80. The second kappa shape index (κ2) is 5.65. The summed E-state index contributed by atoms with van der Waals surface area (Å²) < 4.78 is 13.7. The SMILES string of the molecule is O=C(O)C1CNCCN1Cc1c(F)cccc1Cl. The molecule has 18 heavy (non-hydrogen) atoms. The molecule has 0 amide bonds. The molecule has 2 rings (SSSR count). The van der Waals surface area contributed by atoms with Crippen molar-refractivity contribution >= 4 is 17.6 Å². The Morgan fingerprint density at radius 3 is 3.06 bits per heavy atom. The van der Waals surface area contributed by atoms with E-state index in [1.54, 1.807) is 11.0 Å². The summed E-state index contributed by atoms with van der Waals surface area (Å²) in [6.07, 6.45) is 0. The highest BCUT2D eigenvalue weighted by atomic mass is 35.5. The second-order valence-electron chi connectivity index (χ2n) is 4.23. The van der Waals surface area contributed by atoms with Crippen molar-refractivity contribution in [2.24, 2.45) is 0 Å². The molecule has 1 aromatic carbocycles. The Balaban J connectivity index is 2.18. The van der Waals surface area contributed by atoms with Gasteiger partial charge in [-0.1, -0.05) is 17.7 Å². The van der Waals surface area contributed by atoms with E-state index in [1.165, 1.54) is 12.1 Å². The number of rotatable bonds is 3. The molecule has 0 spiro atoms. The largest absolute Gasteiger partial charge is 0.480 e. The molecule has 1 aliphatic heterocycles. The standard InChI is InChI=1S/C12H14ClFN2O2/c13-9-2-1-3-10(14)8(9)7-16-5-4-15-6-11(16)12(17)18/h1-3,11,15H,4-7H2,(H,17,18). The summed E-state index contributed by atoms with van der Waals surface area (Å²) in [5, 5.41) is 12.5. The summed E-state index contributed by atoms with van der Waals surface area (Å²) in [5.41, 5.74) is 0.354. The summed E-state index contributed by atoms with van der Waals surface area (Å²) in [6, 6.07) is 3.83. The molecule has 1 saturated heterocycles. The van der Waals surface area contributed by atoms with Gasteiger partial charge in [-0.05, 0) is 12.1 Å². The highest BCUT2D eigenvalue weighted by Gasteiger charge is 2.29. The van der Waals surface area contributed by atoms with Crippen LogP contribution in [0.5, 0.6) is 0 Å². The fourth-order valence-corrected chi connectivity index (χ4v) is 2.29. The number of benzene rings is 1. The van der Waals surface area contributed by atoms with Gasteiger partial charge in [0, 0.05) is 36.8 Å². The van der Waals surface area contributed by atoms with Crippen molar-refractivity contribution in [3.63, 3.8) is 0 Å². The van der Waals surface area contributed by atoms with Gasteiger partial charge >= 0.3 is 5.97 Å². The van der Waals surface area contributed by atoms with Crippen LogP contribution in [0.4, 0.5) is 4.39 Å². The number of nitrogens with zero attached hydrogens (tertiary/aromatic N) is 1. The van der Waals surface area contributed by atoms with E-state index >= 15 is 0 Å². The minimum atomic E-state index is -0.908. The predicted molar refractivity (Wildman–Crippen MR) is 66.1 cm³/mol. The number of hydrogen-bond donors (Lipinski definition) is 2. The average Bonchev–Trinajstić information content (AvgIpc) is 2.34. The van der Waals surface area contributed by atoms with E-state index in [-0.39, 0.29) is 6.54 Å². The van der Waals surface area contributed by atoms with Crippen LogP contribution in [0.2, 0.25) is 5.02 Å². The van der Waals surface area contributed by atoms with Gasteiger partial charge in [-0.25, -0.2) is 4.39 Å². The molecule has 0 bridgehead atoms. The van der Waals surface area contributed by atoms with Crippen LogP contribution in [0.15, 0.2) is 18.2 Å². The van der Waals surface area contributed by atoms with E-state index in [4.69, 9.17) is 16.7 Å². The van der Waals surface area contributed by atoms with Crippen molar-refractivity contribution < 1.29 is 14.3 Å². The van der Waals surface area contributed by atoms with Crippen molar-refractivity contribution in [1.82, 2.24) is 10.2 Å². The molecule has 0 aliphatic carbocycles. The molecule has 2 N–H and O–H groups in total. The van der Waals surface area contributed by atoms with Gasteiger partial charge in [0.05, 0.1) is 0 Å². The zero-order chi connectivity index (χ0) is 13.1. The summed E-state index contributed by atoms with van der Waals surface area (Å²) in [6.45, 7) is 1.82. The number of aliphatic carboxylic acids is 1. The molecule has 0 saturated carbocycles. The van der Waals surface area contributed by atoms with Crippen LogP contribution in [0, 0.1) is 5.82 Å². The highest BCUT2D eigenvalue weighted by Crippen LogP contribution is 2.22. The quantitative estimate of drug-likeness (QED) is 0.872. The van der Waals surface area contributed by atoms with E-state index in [9.17, 15) is 9.18 Å². The van der Waals surface area contributed by atoms with Crippen LogP contribution < -0.4 is 5.32 Å². The summed E-state index contributed by atoms with van der Waals surface area (Å²) >= 11 is 5.95. The maximum atomic E-state index is 13.7. The molecule has 1 atom stereocenters. The maximum Gasteiger partial charge on any atom is 0.322 e. The molecule has 1 aliphatic rings. The number of piperazine rings is 1. The van der Waals surface area contributed by atoms with Crippen LogP contribution in [-0.4, -0.2) is 41.7 Å². The minimum Gasteiger partial charge on any atom is -0.480 e. The number of hydrogen-bond acceptors (Lipinski definition) is 3. The van der Waals surface area contributed by atoms with Crippen molar-refractivity contribution in [2.45, 2.75) is 12.6 Å². The van der Waals surface area contributed by atoms with Gasteiger partial charge < -0.3 is 10.4 Å². The zero-order valence-electron chi connectivity index (χ0n) is 9.70. The molecule has 98 valence electrons. The van der Waals surface area contributed by atoms with Gasteiger partial charge in [-0.2, -0.15) is 0 Å². The Kier molecular flexibility index (Phi) is 4.16. The van der Waals surface area contributed by atoms with Gasteiger partial charge in [0.2, 0.25) is 0 Å². The monoisotopic (exact) mass is 272 g/mol. The smallest absolute Gasteiger partial charge is 0.322 e. The average molecular weight is 273 g/mol. The van der Waals surface area contributed by atoms with Gasteiger partial charge in [0.25, 0.3) is 0 Å². The third-order valence-electron chi connectivity index (χ3n) is 3.06. The molecule has 0 radical (unpaired) electrons. The lowest BCUT2D eigenvalue weighted by atomic mass is 10.1. The Hall–Kier alpha value is -1.17. The lowest BCUT2D eigenvalue weighted by Crippen LogP contribution is -2.54. The fourth-order valence-electron chi connectivity index (χ4n) is 2.07. The molecule has 6 heteroatoms. The molecule has 1 aromatic rings. The topological polar surface area (TPSA) is 52.6 Å². The predicted octanol–water partition coefficient (Wildman–Crippen LogP) is 1.34. The number of halogens is 2. The fraction of sp³-hybridized carbons (Fsp3) is 0.417. The minimum absolute atomic E-state index is 0.212. The molecular weight excluding hydrogens is 259 g/mol. The number of carbonyl (C=O) groups is 1. The van der Waals surface area contributed by atoms with Gasteiger partial charge in [0.15, 0.2) is 0 Å². The van der Waals surface area contributed by atoms with Crippen molar-refractivity contribution in [2.75, 3.05) is 19.6 Å². The number of carboxylic acids is 1. The van der Waals surface area contributed by atoms with Gasteiger partial charge in [-0.3, -0.25) is 9.69 Å². The normalized spacial score (nSPS) is 20.9. The Labute approximate surface area is 109 Å². The molecule has 1 unspecified atom stereocenters. The molecule has 1 fully saturated rings. The first-order valence-electron chi connectivity index (χ1n) is 5.70. The zero-order valence-corrected chi connectivity index (χ0v) is 10.5. The lowest BCUT2D eigenvalue weighted by molar-refractivity contribution is -0.144. The van der Waals surface area contributed by atoms with E-state index in [0.717, 1.165) is 0 Å². The third-order valence-corrected chi connectivity index (χ3v) is 3.42. The van der Waals surface area contributed by atoms with Crippen LogP contribution in [0.1, 0.15) is 5.56 Å². The van der Waals surface area contributed by atoms with Crippen LogP contribution in [0.3, 0.4) is 0 Å². The first kappa shape index (κ1) is 13.3. The van der Waals surface area contributed by atoms with Crippen molar-refractivity contribution in [1.29, 1.82) is 0 Å². The van der Waals surface area contributed by atoms with E-state index in [1.807, 2.05) is 0 Å². The van der Waals surface area contributed by atoms with Gasteiger partial charge in [0.1, 0.15) is 11.9 Å². The van der Waals surface area contributed by atoms with Gasteiger partial charge in [-0.15, -0.1) is 0 Å². The van der Waals surface area contributed by atoms with E-state index in [2.05, 4.69) is 5.32 Å². The Morgan fingerprint density at radius 2 is 2.39 bits per heavy atom. The molecular formula is C12H14ClFN2O2.